The van der Waals surface area contributed by atoms with Crippen molar-refractivity contribution < 1.29 is 0 Å². The van der Waals surface area contributed by atoms with Crippen molar-refractivity contribution >= 4 is 23.1 Å². The van der Waals surface area contributed by atoms with Gasteiger partial charge in [-0.15, -0.1) is 0 Å². The van der Waals surface area contributed by atoms with Crippen molar-refractivity contribution in [1.82, 2.24) is 0 Å². The maximum atomic E-state index is 3.51. The molecular formula is C14H24N2S. The zero-order chi connectivity index (χ0) is 12.7. The predicted molar refractivity (Wildman–Crippen MR) is 81.6 cm³/mol. The summed E-state index contributed by atoms with van der Waals surface area (Å²) in [4.78, 5) is 2.13. The monoisotopic (exact) mass is 252 g/mol. The Labute approximate surface area is 110 Å². The van der Waals surface area contributed by atoms with Gasteiger partial charge in [0.25, 0.3) is 0 Å². The lowest BCUT2D eigenvalue weighted by atomic mass is 10.1. The zero-order valence-corrected chi connectivity index (χ0v) is 12.2. The molecular weight excluding hydrogens is 228 g/mol. The van der Waals surface area contributed by atoms with Crippen LogP contribution in [0.1, 0.15) is 18.4 Å². The van der Waals surface area contributed by atoms with Crippen LogP contribution in [0.2, 0.25) is 0 Å². The van der Waals surface area contributed by atoms with Crippen LogP contribution in [0.5, 0.6) is 0 Å². The molecule has 0 aliphatic carbocycles. The lowest BCUT2D eigenvalue weighted by molar-refractivity contribution is 0.842. The Hall–Kier alpha value is -0.830. The highest BCUT2D eigenvalue weighted by Gasteiger charge is 2.00. The number of thioether (sulfide) groups is 1. The summed E-state index contributed by atoms with van der Waals surface area (Å²) in [7, 11) is 4.15. The second-order valence-corrected chi connectivity index (χ2v) is 5.51. The fraction of sp³-hybridized carbons (Fsp3) is 0.571. The van der Waals surface area contributed by atoms with E-state index in [0.717, 1.165) is 6.54 Å². The number of unbranched alkanes of at least 4 members (excludes halogenated alkanes) is 1. The third kappa shape index (κ3) is 4.90. The van der Waals surface area contributed by atoms with Gasteiger partial charge < -0.3 is 10.2 Å². The molecule has 1 aromatic carbocycles. The van der Waals surface area contributed by atoms with Crippen molar-refractivity contribution in [1.29, 1.82) is 0 Å². The van der Waals surface area contributed by atoms with E-state index in [-0.39, 0.29) is 0 Å². The van der Waals surface area contributed by atoms with Crippen molar-refractivity contribution in [3.05, 3.63) is 23.8 Å². The zero-order valence-electron chi connectivity index (χ0n) is 11.4. The molecule has 0 aromatic heterocycles. The molecule has 0 spiro atoms. The highest BCUT2D eigenvalue weighted by Crippen LogP contribution is 2.21. The van der Waals surface area contributed by atoms with E-state index < -0.39 is 0 Å². The Kier molecular flexibility index (Phi) is 6.27. The van der Waals surface area contributed by atoms with Gasteiger partial charge in [0, 0.05) is 32.0 Å². The number of hydrogen-bond acceptors (Lipinski definition) is 3. The number of rotatable bonds is 7. The van der Waals surface area contributed by atoms with Gasteiger partial charge in [-0.25, -0.2) is 0 Å². The fourth-order valence-electron chi connectivity index (χ4n) is 1.72. The van der Waals surface area contributed by atoms with Crippen molar-refractivity contribution in [2.24, 2.45) is 0 Å². The molecule has 1 N–H and O–H groups in total. The Morgan fingerprint density at radius 2 is 2.00 bits per heavy atom. The Morgan fingerprint density at radius 1 is 1.24 bits per heavy atom. The molecule has 0 amide bonds. The number of anilines is 2. The SMILES string of the molecule is CSCCCCNc1ccc(N(C)C)cc1C. The summed E-state index contributed by atoms with van der Waals surface area (Å²) >= 11 is 1.92. The first kappa shape index (κ1) is 14.2. The fourth-order valence-corrected chi connectivity index (χ4v) is 2.21. The molecule has 0 saturated heterocycles. The highest BCUT2D eigenvalue weighted by molar-refractivity contribution is 7.98. The van der Waals surface area contributed by atoms with E-state index in [2.05, 4.69) is 55.7 Å². The van der Waals surface area contributed by atoms with E-state index in [4.69, 9.17) is 0 Å². The predicted octanol–water partition coefficient (Wildman–Crippen LogP) is 3.62. The molecule has 0 unspecified atom stereocenters. The van der Waals surface area contributed by atoms with Crippen LogP contribution in [0.4, 0.5) is 11.4 Å². The number of benzene rings is 1. The molecule has 0 bridgehead atoms. The first-order chi connectivity index (χ1) is 8.15. The standard InChI is InChI=1S/C14H24N2S/c1-12-11-13(16(2)3)7-8-14(12)15-9-5-6-10-17-4/h7-8,11,15H,5-6,9-10H2,1-4H3. The Morgan fingerprint density at radius 3 is 2.59 bits per heavy atom. The topological polar surface area (TPSA) is 15.3 Å². The first-order valence-corrected chi connectivity index (χ1v) is 7.55. The normalized spacial score (nSPS) is 10.4. The van der Waals surface area contributed by atoms with Crippen LogP contribution < -0.4 is 10.2 Å². The van der Waals surface area contributed by atoms with E-state index in [9.17, 15) is 0 Å². The number of nitrogens with zero attached hydrogens (tertiary/aromatic N) is 1. The molecule has 96 valence electrons. The summed E-state index contributed by atoms with van der Waals surface area (Å²) in [5.41, 5.74) is 3.84. The van der Waals surface area contributed by atoms with Crippen molar-refractivity contribution in [2.75, 3.05) is 42.9 Å². The smallest absolute Gasteiger partial charge is 0.0371 e. The Balaban J connectivity index is 2.43. The summed E-state index contributed by atoms with van der Waals surface area (Å²) < 4.78 is 0. The Bertz CT molecular complexity index is 337. The van der Waals surface area contributed by atoms with E-state index in [0.29, 0.717) is 0 Å². The largest absolute Gasteiger partial charge is 0.385 e. The van der Waals surface area contributed by atoms with Gasteiger partial charge in [-0.3, -0.25) is 0 Å². The molecule has 1 rings (SSSR count). The van der Waals surface area contributed by atoms with Gasteiger partial charge >= 0.3 is 0 Å². The van der Waals surface area contributed by atoms with Gasteiger partial charge in [0.2, 0.25) is 0 Å². The molecule has 0 heterocycles. The van der Waals surface area contributed by atoms with Crippen molar-refractivity contribution in [3.63, 3.8) is 0 Å². The van der Waals surface area contributed by atoms with Crippen LogP contribution in [0, 0.1) is 6.92 Å². The van der Waals surface area contributed by atoms with Gasteiger partial charge in [0.15, 0.2) is 0 Å². The average molecular weight is 252 g/mol. The molecule has 0 atom stereocenters. The minimum absolute atomic E-state index is 1.07. The molecule has 0 aliphatic heterocycles. The third-order valence-corrected chi connectivity index (χ3v) is 3.51. The first-order valence-electron chi connectivity index (χ1n) is 6.16. The molecule has 17 heavy (non-hydrogen) atoms. The molecule has 3 heteroatoms. The number of hydrogen-bond donors (Lipinski definition) is 1. The van der Waals surface area contributed by atoms with Gasteiger partial charge in [-0.1, -0.05) is 0 Å². The van der Waals surface area contributed by atoms with E-state index in [1.54, 1.807) is 0 Å². The van der Waals surface area contributed by atoms with Gasteiger partial charge in [0.05, 0.1) is 0 Å². The minimum Gasteiger partial charge on any atom is -0.385 e. The van der Waals surface area contributed by atoms with Crippen LogP contribution in [0.3, 0.4) is 0 Å². The van der Waals surface area contributed by atoms with E-state index in [1.165, 1.54) is 35.5 Å². The van der Waals surface area contributed by atoms with Crippen LogP contribution in [0.25, 0.3) is 0 Å². The highest BCUT2D eigenvalue weighted by atomic mass is 32.2. The molecule has 2 nitrogen and oxygen atoms in total. The third-order valence-electron chi connectivity index (χ3n) is 2.82. The number of nitrogens with one attached hydrogen (secondary N) is 1. The second kappa shape index (κ2) is 7.49. The summed E-state index contributed by atoms with van der Waals surface area (Å²) in [6.45, 7) is 3.24. The average Bonchev–Trinajstić information content (AvgIpc) is 2.30. The molecule has 1 aromatic rings. The van der Waals surface area contributed by atoms with Crippen molar-refractivity contribution in [3.8, 4) is 0 Å². The van der Waals surface area contributed by atoms with Gasteiger partial charge in [-0.2, -0.15) is 11.8 Å². The molecule has 0 saturated carbocycles. The van der Waals surface area contributed by atoms with Crippen LogP contribution >= 0.6 is 11.8 Å². The maximum Gasteiger partial charge on any atom is 0.0371 e. The van der Waals surface area contributed by atoms with Gasteiger partial charge in [0.1, 0.15) is 0 Å². The maximum absolute atomic E-state index is 3.51. The lowest BCUT2D eigenvalue weighted by Crippen LogP contribution is -2.09. The van der Waals surface area contributed by atoms with Gasteiger partial charge in [-0.05, 0) is 55.5 Å². The summed E-state index contributed by atoms with van der Waals surface area (Å²) in [5.74, 6) is 1.26. The summed E-state index contributed by atoms with van der Waals surface area (Å²) in [5, 5.41) is 3.51. The van der Waals surface area contributed by atoms with Crippen LogP contribution in [-0.4, -0.2) is 32.6 Å². The second-order valence-electron chi connectivity index (χ2n) is 4.52. The van der Waals surface area contributed by atoms with Crippen molar-refractivity contribution in [2.45, 2.75) is 19.8 Å². The summed E-state index contributed by atoms with van der Waals surface area (Å²) in [6, 6.07) is 6.57. The molecule has 0 fully saturated rings. The minimum atomic E-state index is 1.07. The summed E-state index contributed by atoms with van der Waals surface area (Å²) in [6.07, 6.45) is 4.70. The lowest BCUT2D eigenvalue weighted by Gasteiger charge is -2.16. The van der Waals surface area contributed by atoms with E-state index >= 15 is 0 Å². The quantitative estimate of drug-likeness (QED) is 0.746. The number of aryl methyl sites for hydroxylation is 1. The molecule has 0 radical (unpaired) electrons. The molecule has 0 aliphatic rings. The van der Waals surface area contributed by atoms with Crippen LogP contribution in [0.15, 0.2) is 18.2 Å². The van der Waals surface area contributed by atoms with Crippen LogP contribution in [-0.2, 0) is 0 Å². The van der Waals surface area contributed by atoms with E-state index in [1.807, 2.05) is 11.8 Å².